The van der Waals surface area contributed by atoms with E-state index < -0.39 is 11.5 Å². The summed E-state index contributed by atoms with van der Waals surface area (Å²) >= 11 is 0. The van der Waals surface area contributed by atoms with E-state index in [1.165, 1.54) is 7.11 Å². The van der Waals surface area contributed by atoms with E-state index >= 15 is 0 Å². The molecule has 1 aliphatic rings. The first-order valence-corrected chi connectivity index (χ1v) is 6.11. The van der Waals surface area contributed by atoms with E-state index in [-0.39, 0.29) is 6.61 Å². The van der Waals surface area contributed by atoms with Gasteiger partial charge in [-0.3, -0.25) is 9.69 Å². The maximum Gasteiger partial charge on any atom is 0.326 e. The van der Waals surface area contributed by atoms with Gasteiger partial charge in [-0.1, -0.05) is 0 Å². The molecule has 0 amide bonds. The standard InChI is InChI=1S/C13H19NO4/c1-10-4-5-11(18-10)8-14-7-3-6-13(14,9-17-2)12(15)16/h4-5H,3,6-9H2,1-2H3,(H,15,16). The van der Waals surface area contributed by atoms with Crippen LogP contribution in [0.25, 0.3) is 0 Å². The third-order valence-corrected chi connectivity index (χ3v) is 3.55. The molecule has 1 aliphatic heterocycles. The highest BCUT2D eigenvalue weighted by Gasteiger charge is 2.48. The number of hydrogen-bond acceptors (Lipinski definition) is 4. The Bertz CT molecular complexity index is 428. The van der Waals surface area contributed by atoms with Crippen LogP contribution in [-0.4, -0.2) is 41.8 Å². The summed E-state index contributed by atoms with van der Waals surface area (Å²) in [4.78, 5) is 13.5. The summed E-state index contributed by atoms with van der Waals surface area (Å²) < 4.78 is 10.6. The van der Waals surface area contributed by atoms with E-state index in [0.29, 0.717) is 13.0 Å². The Morgan fingerprint density at radius 1 is 1.61 bits per heavy atom. The lowest BCUT2D eigenvalue weighted by Gasteiger charge is -2.33. The molecule has 0 aromatic carbocycles. The largest absolute Gasteiger partial charge is 0.480 e. The molecule has 100 valence electrons. The number of aryl methyl sites for hydroxylation is 1. The Hall–Kier alpha value is -1.33. The van der Waals surface area contributed by atoms with Crippen LogP contribution >= 0.6 is 0 Å². The Labute approximate surface area is 106 Å². The van der Waals surface area contributed by atoms with Crippen LogP contribution in [0.3, 0.4) is 0 Å². The molecule has 1 atom stereocenters. The Balaban J connectivity index is 2.17. The van der Waals surface area contributed by atoms with Crippen molar-refractivity contribution in [1.82, 2.24) is 4.90 Å². The van der Waals surface area contributed by atoms with E-state index in [2.05, 4.69) is 0 Å². The molecule has 1 aromatic heterocycles. The first-order valence-electron chi connectivity index (χ1n) is 6.11. The second kappa shape index (κ2) is 5.12. The SMILES string of the molecule is COCC1(C(=O)O)CCCN1Cc1ccc(C)o1. The number of rotatable bonds is 5. The zero-order chi connectivity index (χ0) is 13.2. The van der Waals surface area contributed by atoms with Gasteiger partial charge in [-0.2, -0.15) is 0 Å². The number of furan rings is 1. The van der Waals surface area contributed by atoms with Gasteiger partial charge in [0.25, 0.3) is 0 Å². The van der Waals surface area contributed by atoms with Gasteiger partial charge in [-0.05, 0) is 38.4 Å². The fourth-order valence-electron chi connectivity index (χ4n) is 2.63. The Morgan fingerprint density at radius 3 is 2.94 bits per heavy atom. The molecular weight excluding hydrogens is 234 g/mol. The van der Waals surface area contributed by atoms with Gasteiger partial charge in [0.2, 0.25) is 0 Å². The number of likely N-dealkylation sites (tertiary alicyclic amines) is 1. The van der Waals surface area contributed by atoms with Crippen LogP contribution in [0.5, 0.6) is 0 Å². The Kier molecular flexibility index (Phi) is 3.73. The summed E-state index contributed by atoms with van der Waals surface area (Å²) in [5, 5.41) is 9.50. The lowest BCUT2D eigenvalue weighted by molar-refractivity contribution is -0.153. The highest BCUT2D eigenvalue weighted by Crippen LogP contribution is 2.31. The van der Waals surface area contributed by atoms with Crippen molar-refractivity contribution in [3.8, 4) is 0 Å². The van der Waals surface area contributed by atoms with E-state index in [9.17, 15) is 9.90 Å². The van der Waals surface area contributed by atoms with Crippen molar-refractivity contribution < 1.29 is 19.1 Å². The zero-order valence-corrected chi connectivity index (χ0v) is 10.8. The quantitative estimate of drug-likeness (QED) is 0.864. The van der Waals surface area contributed by atoms with Crippen molar-refractivity contribution in [1.29, 1.82) is 0 Å². The van der Waals surface area contributed by atoms with Crippen molar-refractivity contribution in [3.05, 3.63) is 23.7 Å². The lowest BCUT2D eigenvalue weighted by Crippen LogP contribution is -2.53. The molecule has 2 rings (SSSR count). The molecule has 0 spiro atoms. The smallest absolute Gasteiger partial charge is 0.326 e. The summed E-state index contributed by atoms with van der Waals surface area (Å²) in [6.07, 6.45) is 1.49. The highest BCUT2D eigenvalue weighted by molar-refractivity contribution is 5.79. The van der Waals surface area contributed by atoms with Gasteiger partial charge in [-0.15, -0.1) is 0 Å². The second-order valence-corrected chi connectivity index (χ2v) is 4.81. The van der Waals surface area contributed by atoms with Crippen LogP contribution < -0.4 is 0 Å². The van der Waals surface area contributed by atoms with Gasteiger partial charge in [0.05, 0.1) is 13.2 Å². The molecule has 2 heterocycles. The highest BCUT2D eigenvalue weighted by atomic mass is 16.5. The third kappa shape index (κ3) is 2.28. The topological polar surface area (TPSA) is 62.9 Å². The fraction of sp³-hybridized carbons (Fsp3) is 0.615. The fourth-order valence-corrected chi connectivity index (χ4v) is 2.63. The molecule has 1 unspecified atom stereocenters. The van der Waals surface area contributed by atoms with Crippen molar-refractivity contribution in [3.63, 3.8) is 0 Å². The number of carboxylic acid groups (broad SMARTS) is 1. The minimum Gasteiger partial charge on any atom is -0.480 e. The van der Waals surface area contributed by atoms with Gasteiger partial charge >= 0.3 is 5.97 Å². The number of nitrogens with zero attached hydrogens (tertiary/aromatic N) is 1. The van der Waals surface area contributed by atoms with Gasteiger partial charge in [0, 0.05) is 7.11 Å². The molecule has 0 bridgehead atoms. The molecule has 18 heavy (non-hydrogen) atoms. The van der Waals surface area contributed by atoms with Gasteiger partial charge in [-0.25, -0.2) is 0 Å². The average molecular weight is 253 g/mol. The summed E-state index contributed by atoms with van der Waals surface area (Å²) in [5.74, 6) is 0.832. The minimum absolute atomic E-state index is 0.210. The molecule has 5 nitrogen and oxygen atoms in total. The number of carbonyl (C=O) groups is 1. The first kappa shape index (κ1) is 13.1. The van der Waals surface area contributed by atoms with Crippen LogP contribution in [0.1, 0.15) is 24.4 Å². The Morgan fingerprint density at radius 2 is 2.39 bits per heavy atom. The number of methoxy groups -OCH3 is 1. The number of carboxylic acids is 1. The van der Waals surface area contributed by atoms with E-state index in [1.54, 1.807) is 0 Å². The van der Waals surface area contributed by atoms with Crippen molar-refractivity contribution in [2.75, 3.05) is 20.3 Å². The second-order valence-electron chi connectivity index (χ2n) is 4.81. The van der Waals surface area contributed by atoms with Crippen molar-refractivity contribution in [2.45, 2.75) is 31.8 Å². The monoisotopic (exact) mass is 253 g/mol. The van der Waals surface area contributed by atoms with Crippen LogP contribution in [0, 0.1) is 6.92 Å². The molecule has 1 saturated heterocycles. The van der Waals surface area contributed by atoms with Gasteiger partial charge < -0.3 is 14.3 Å². The van der Waals surface area contributed by atoms with Crippen LogP contribution in [0.15, 0.2) is 16.5 Å². The van der Waals surface area contributed by atoms with Gasteiger partial charge in [0.1, 0.15) is 17.1 Å². The summed E-state index contributed by atoms with van der Waals surface area (Å²) in [6, 6.07) is 3.79. The average Bonchev–Trinajstić information content (AvgIpc) is 2.88. The normalized spacial score (nSPS) is 24.6. The predicted molar refractivity (Wildman–Crippen MR) is 65.3 cm³/mol. The molecule has 1 fully saturated rings. The van der Waals surface area contributed by atoms with Crippen LogP contribution in [0.4, 0.5) is 0 Å². The molecule has 1 aromatic rings. The van der Waals surface area contributed by atoms with E-state index in [4.69, 9.17) is 9.15 Å². The summed E-state index contributed by atoms with van der Waals surface area (Å²) in [5.41, 5.74) is -0.907. The van der Waals surface area contributed by atoms with Crippen molar-refractivity contribution in [2.24, 2.45) is 0 Å². The van der Waals surface area contributed by atoms with Gasteiger partial charge in [0.15, 0.2) is 0 Å². The lowest BCUT2D eigenvalue weighted by atomic mass is 9.97. The third-order valence-electron chi connectivity index (χ3n) is 3.55. The van der Waals surface area contributed by atoms with Crippen LogP contribution in [0.2, 0.25) is 0 Å². The number of hydrogen-bond donors (Lipinski definition) is 1. The molecule has 0 aliphatic carbocycles. The first-order chi connectivity index (χ1) is 8.58. The molecule has 5 heteroatoms. The van der Waals surface area contributed by atoms with E-state index in [1.807, 2.05) is 24.0 Å². The van der Waals surface area contributed by atoms with Crippen molar-refractivity contribution >= 4 is 5.97 Å². The molecule has 0 radical (unpaired) electrons. The zero-order valence-electron chi connectivity index (χ0n) is 10.8. The number of ether oxygens (including phenoxy) is 1. The van der Waals surface area contributed by atoms with E-state index in [0.717, 1.165) is 24.5 Å². The molecule has 0 saturated carbocycles. The maximum absolute atomic E-state index is 11.6. The maximum atomic E-state index is 11.6. The molecular formula is C13H19NO4. The minimum atomic E-state index is -0.907. The summed E-state index contributed by atoms with van der Waals surface area (Å²) in [7, 11) is 1.54. The van der Waals surface area contributed by atoms with Crippen LogP contribution in [-0.2, 0) is 16.1 Å². The molecule has 1 N–H and O–H groups in total. The predicted octanol–water partition coefficient (Wildman–Crippen LogP) is 1.65. The summed E-state index contributed by atoms with van der Waals surface area (Å²) in [6.45, 7) is 3.37. The number of aliphatic carboxylic acids is 1.